The van der Waals surface area contributed by atoms with Crippen LogP contribution in [0.25, 0.3) is 32.8 Å². The van der Waals surface area contributed by atoms with Crippen molar-refractivity contribution in [2.75, 3.05) is 0 Å². The topological polar surface area (TPSA) is 52.3 Å². The smallest absolute Gasteiger partial charge is 0.346 e. The van der Waals surface area contributed by atoms with Gasteiger partial charge in [0.15, 0.2) is 0 Å². The number of fused-ring (bicyclic) bond motifs is 1. The number of benzene rings is 3. The first-order valence-corrected chi connectivity index (χ1v) is 11.0. The number of ether oxygens (including phenoxy) is 1. The summed E-state index contributed by atoms with van der Waals surface area (Å²) in [4.78, 5) is 17.3. The molecule has 0 saturated heterocycles. The maximum absolute atomic E-state index is 13.2. The van der Waals surface area contributed by atoms with Crippen LogP contribution in [0.5, 0.6) is 5.75 Å². The number of aromatic nitrogens is 1. The molecule has 2 heterocycles. The van der Waals surface area contributed by atoms with Gasteiger partial charge in [0.05, 0.1) is 16.3 Å². The summed E-state index contributed by atoms with van der Waals surface area (Å²) in [5.41, 5.74) is 2.81. The predicted octanol–water partition coefficient (Wildman–Crippen LogP) is 6.96. The van der Waals surface area contributed by atoms with Crippen molar-refractivity contribution in [1.29, 1.82) is 0 Å². The van der Waals surface area contributed by atoms with E-state index in [1.165, 1.54) is 23.5 Å². The highest BCUT2D eigenvalue weighted by Crippen LogP contribution is 2.30. The van der Waals surface area contributed by atoms with Crippen LogP contribution < -0.4 is 10.4 Å². The average molecular weight is 464 g/mol. The van der Waals surface area contributed by atoms with Gasteiger partial charge in [-0.3, -0.25) is 0 Å². The first-order chi connectivity index (χ1) is 15.6. The number of rotatable bonds is 5. The molecule has 0 fully saturated rings. The Morgan fingerprint density at radius 3 is 2.69 bits per heavy atom. The Hall–Kier alpha value is -3.48. The molecule has 0 spiro atoms. The lowest BCUT2D eigenvalue weighted by atomic mass is 10.1. The van der Waals surface area contributed by atoms with Crippen molar-refractivity contribution in [2.45, 2.75) is 6.61 Å². The van der Waals surface area contributed by atoms with Crippen LogP contribution in [0, 0.1) is 5.82 Å². The minimum absolute atomic E-state index is 0.161. The summed E-state index contributed by atoms with van der Waals surface area (Å²) >= 11 is 7.44. The van der Waals surface area contributed by atoms with Gasteiger partial charge in [-0.15, -0.1) is 11.3 Å². The van der Waals surface area contributed by atoms with Crippen LogP contribution in [-0.2, 0) is 6.61 Å². The van der Waals surface area contributed by atoms with Gasteiger partial charge in [-0.25, -0.2) is 14.2 Å². The molecule has 0 bridgehead atoms. The molecule has 32 heavy (non-hydrogen) atoms. The van der Waals surface area contributed by atoms with Gasteiger partial charge in [0.1, 0.15) is 28.8 Å². The number of halogens is 2. The number of hydrogen-bond acceptors (Lipinski definition) is 5. The van der Waals surface area contributed by atoms with Crippen LogP contribution in [-0.4, -0.2) is 4.98 Å². The number of nitrogens with zero attached hydrogens (tertiary/aromatic N) is 1. The summed E-state index contributed by atoms with van der Waals surface area (Å²) < 4.78 is 24.5. The fraction of sp³-hybridized carbons (Fsp3) is 0.0400. The van der Waals surface area contributed by atoms with E-state index in [4.69, 9.17) is 20.8 Å². The van der Waals surface area contributed by atoms with Crippen LogP contribution in [0.4, 0.5) is 4.39 Å². The Labute approximate surface area is 191 Å². The van der Waals surface area contributed by atoms with E-state index in [0.29, 0.717) is 32.5 Å². The van der Waals surface area contributed by atoms with Gasteiger partial charge in [-0.1, -0.05) is 48.0 Å². The summed E-state index contributed by atoms with van der Waals surface area (Å²) in [6.45, 7) is 0.161. The second kappa shape index (κ2) is 8.57. The van der Waals surface area contributed by atoms with E-state index in [1.54, 1.807) is 24.3 Å². The highest BCUT2D eigenvalue weighted by molar-refractivity contribution is 7.13. The molecule has 7 heteroatoms. The molecule has 5 rings (SSSR count). The van der Waals surface area contributed by atoms with Gasteiger partial charge >= 0.3 is 5.63 Å². The molecule has 0 aliphatic rings. The highest BCUT2D eigenvalue weighted by atomic mass is 35.5. The quantitative estimate of drug-likeness (QED) is 0.264. The van der Waals surface area contributed by atoms with Crippen molar-refractivity contribution in [3.05, 3.63) is 105 Å². The van der Waals surface area contributed by atoms with E-state index >= 15 is 0 Å². The fourth-order valence-corrected chi connectivity index (χ4v) is 4.32. The third kappa shape index (κ3) is 4.15. The van der Waals surface area contributed by atoms with Crippen LogP contribution in [0.15, 0.2) is 87.4 Å². The van der Waals surface area contributed by atoms with Crippen LogP contribution in [0.2, 0.25) is 5.02 Å². The van der Waals surface area contributed by atoms with Crippen molar-refractivity contribution in [1.82, 2.24) is 4.98 Å². The van der Waals surface area contributed by atoms with E-state index in [2.05, 4.69) is 4.98 Å². The molecular formula is C25H15ClFNO3S. The van der Waals surface area contributed by atoms with Crippen molar-refractivity contribution in [3.8, 4) is 27.6 Å². The van der Waals surface area contributed by atoms with Crippen molar-refractivity contribution in [2.24, 2.45) is 0 Å². The summed E-state index contributed by atoms with van der Waals surface area (Å²) in [6.07, 6.45) is 0. The fourth-order valence-electron chi connectivity index (χ4n) is 3.27. The molecule has 0 radical (unpaired) electrons. The van der Waals surface area contributed by atoms with Crippen LogP contribution in [0.3, 0.4) is 0 Å². The molecule has 0 amide bonds. The van der Waals surface area contributed by atoms with E-state index in [9.17, 15) is 9.18 Å². The standard InChI is InChI=1S/C25H15ClFNO3S/c26-21-11-18(27)8-6-17(21)13-30-19-9-7-16-10-20(25(29)31-23(16)12-19)24-28-22(14-32-24)15-4-2-1-3-5-15/h1-12,14H,13H2. The molecule has 0 aliphatic carbocycles. The molecule has 0 unspecified atom stereocenters. The molecule has 4 nitrogen and oxygen atoms in total. The molecule has 0 N–H and O–H groups in total. The average Bonchev–Trinajstić information content (AvgIpc) is 3.28. The van der Waals surface area contributed by atoms with Gasteiger partial charge in [-0.05, 0) is 30.3 Å². The lowest BCUT2D eigenvalue weighted by Gasteiger charge is -2.09. The molecule has 2 aromatic heterocycles. The van der Waals surface area contributed by atoms with Crippen molar-refractivity contribution in [3.63, 3.8) is 0 Å². The summed E-state index contributed by atoms with van der Waals surface area (Å²) in [5.74, 6) is 0.104. The van der Waals surface area contributed by atoms with E-state index in [-0.39, 0.29) is 6.61 Å². The van der Waals surface area contributed by atoms with Crippen LogP contribution in [0.1, 0.15) is 5.56 Å². The molecule has 158 valence electrons. The van der Waals surface area contributed by atoms with Gasteiger partial charge in [0.25, 0.3) is 0 Å². The lowest BCUT2D eigenvalue weighted by Crippen LogP contribution is -2.03. The first-order valence-electron chi connectivity index (χ1n) is 9.73. The SMILES string of the molecule is O=c1oc2cc(OCc3ccc(F)cc3Cl)ccc2cc1-c1nc(-c2ccccc2)cs1. The first kappa shape index (κ1) is 20.4. The number of thiazole rings is 1. The minimum Gasteiger partial charge on any atom is -0.489 e. The normalized spacial score (nSPS) is 11.1. The Bertz CT molecular complexity index is 1480. The van der Waals surface area contributed by atoms with Crippen molar-refractivity contribution >= 4 is 33.9 Å². The molecular weight excluding hydrogens is 449 g/mol. The summed E-state index contributed by atoms with van der Waals surface area (Å²) in [7, 11) is 0. The third-order valence-electron chi connectivity index (χ3n) is 4.92. The maximum atomic E-state index is 13.2. The van der Waals surface area contributed by atoms with E-state index in [0.717, 1.165) is 16.6 Å². The van der Waals surface area contributed by atoms with Crippen LogP contribution >= 0.6 is 22.9 Å². The zero-order valence-corrected chi connectivity index (χ0v) is 18.1. The summed E-state index contributed by atoms with van der Waals surface area (Å²) in [6, 6.07) is 20.9. The molecule has 5 aromatic rings. The second-order valence-electron chi connectivity index (χ2n) is 7.08. The van der Waals surface area contributed by atoms with Gasteiger partial charge < -0.3 is 9.15 Å². The maximum Gasteiger partial charge on any atom is 0.346 e. The summed E-state index contributed by atoms with van der Waals surface area (Å²) in [5, 5.41) is 3.57. The Morgan fingerprint density at radius 2 is 1.88 bits per heavy atom. The lowest BCUT2D eigenvalue weighted by molar-refractivity contribution is 0.306. The number of hydrogen-bond donors (Lipinski definition) is 0. The van der Waals surface area contributed by atoms with Gasteiger partial charge in [0.2, 0.25) is 0 Å². The predicted molar refractivity (Wildman–Crippen MR) is 125 cm³/mol. The molecule has 0 atom stereocenters. The Kier molecular flexibility index (Phi) is 5.47. The van der Waals surface area contributed by atoms with Crippen molar-refractivity contribution < 1.29 is 13.5 Å². The second-order valence-corrected chi connectivity index (χ2v) is 8.34. The third-order valence-corrected chi connectivity index (χ3v) is 6.15. The monoisotopic (exact) mass is 463 g/mol. The van der Waals surface area contributed by atoms with E-state index in [1.807, 2.05) is 41.8 Å². The largest absolute Gasteiger partial charge is 0.489 e. The van der Waals surface area contributed by atoms with Gasteiger partial charge in [0, 0.05) is 28.0 Å². The Balaban J connectivity index is 1.41. The molecule has 0 aliphatic heterocycles. The van der Waals surface area contributed by atoms with E-state index < -0.39 is 11.4 Å². The zero-order chi connectivity index (χ0) is 22.1. The molecule has 0 saturated carbocycles. The Morgan fingerprint density at radius 1 is 1.03 bits per heavy atom. The highest BCUT2D eigenvalue weighted by Gasteiger charge is 2.13. The zero-order valence-electron chi connectivity index (χ0n) is 16.5. The minimum atomic E-state index is -0.467. The van der Waals surface area contributed by atoms with Gasteiger partial charge in [-0.2, -0.15) is 0 Å². The molecule has 3 aromatic carbocycles.